The number of nitrogens with one attached hydrogen (secondary N) is 1. The van der Waals surface area contributed by atoms with Gasteiger partial charge in [-0.05, 0) is 74.2 Å². The molecule has 2 aromatic carbocycles. The summed E-state index contributed by atoms with van der Waals surface area (Å²) in [6.07, 6.45) is 0. The fourth-order valence-electron chi connectivity index (χ4n) is 2.39. The lowest BCUT2D eigenvalue weighted by Gasteiger charge is -2.15. The molecule has 21 heavy (non-hydrogen) atoms. The molecule has 2 rings (SSSR count). The van der Waals surface area contributed by atoms with Gasteiger partial charge >= 0.3 is 0 Å². The minimum atomic E-state index is 0.907. The SMILES string of the molecule is CCNCc1ccc(Oc2c(C)ccc(C)c2C)cc1C. The van der Waals surface area contributed by atoms with Gasteiger partial charge in [0.1, 0.15) is 11.5 Å². The maximum Gasteiger partial charge on any atom is 0.133 e. The predicted octanol–water partition coefficient (Wildman–Crippen LogP) is 4.82. The average molecular weight is 283 g/mol. The van der Waals surface area contributed by atoms with E-state index in [2.05, 4.69) is 70.3 Å². The Labute approximate surface area is 128 Å². The van der Waals surface area contributed by atoms with Crippen LogP contribution in [0.5, 0.6) is 11.5 Å². The van der Waals surface area contributed by atoms with Crippen LogP contribution >= 0.6 is 0 Å². The Morgan fingerprint density at radius 3 is 2.29 bits per heavy atom. The average Bonchev–Trinajstić information content (AvgIpc) is 2.47. The van der Waals surface area contributed by atoms with Gasteiger partial charge in [-0.2, -0.15) is 0 Å². The Balaban J connectivity index is 2.25. The van der Waals surface area contributed by atoms with Crippen molar-refractivity contribution >= 4 is 0 Å². The third-order valence-electron chi connectivity index (χ3n) is 3.97. The van der Waals surface area contributed by atoms with Crippen molar-refractivity contribution in [3.63, 3.8) is 0 Å². The first kappa shape index (κ1) is 15.6. The topological polar surface area (TPSA) is 21.3 Å². The maximum atomic E-state index is 6.14. The van der Waals surface area contributed by atoms with E-state index in [1.54, 1.807) is 0 Å². The largest absolute Gasteiger partial charge is 0.457 e. The van der Waals surface area contributed by atoms with Crippen LogP contribution in [0.2, 0.25) is 0 Å². The highest BCUT2D eigenvalue weighted by molar-refractivity contribution is 5.47. The first-order valence-electron chi connectivity index (χ1n) is 7.57. The summed E-state index contributed by atoms with van der Waals surface area (Å²) >= 11 is 0. The van der Waals surface area contributed by atoms with Crippen molar-refractivity contribution in [2.75, 3.05) is 6.54 Å². The third kappa shape index (κ3) is 3.64. The van der Waals surface area contributed by atoms with Crippen LogP contribution in [0.15, 0.2) is 30.3 Å². The second-order valence-corrected chi connectivity index (χ2v) is 5.62. The van der Waals surface area contributed by atoms with Gasteiger partial charge in [0.05, 0.1) is 0 Å². The molecule has 0 amide bonds. The van der Waals surface area contributed by atoms with E-state index in [1.807, 2.05) is 0 Å². The van der Waals surface area contributed by atoms with E-state index < -0.39 is 0 Å². The molecule has 0 atom stereocenters. The van der Waals surface area contributed by atoms with Crippen molar-refractivity contribution in [1.29, 1.82) is 0 Å². The van der Waals surface area contributed by atoms with Gasteiger partial charge in [-0.3, -0.25) is 0 Å². The van der Waals surface area contributed by atoms with E-state index in [0.717, 1.165) is 24.6 Å². The van der Waals surface area contributed by atoms with Crippen molar-refractivity contribution in [3.05, 3.63) is 58.1 Å². The summed E-state index contributed by atoms with van der Waals surface area (Å²) < 4.78 is 6.14. The molecule has 112 valence electrons. The Morgan fingerprint density at radius 2 is 1.62 bits per heavy atom. The zero-order chi connectivity index (χ0) is 15.4. The van der Waals surface area contributed by atoms with Crippen LogP contribution in [0.3, 0.4) is 0 Å². The number of hydrogen-bond acceptors (Lipinski definition) is 2. The van der Waals surface area contributed by atoms with Gasteiger partial charge in [-0.1, -0.05) is 25.1 Å². The molecule has 0 spiro atoms. The summed E-state index contributed by atoms with van der Waals surface area (Å²) in [5.41, 5.74) is 6.23. The smallest absolute Gasteiger partial charge is 0.133 e. The predicted molar refractivity (Wildman–Crippen MR) is 89.3 cm³/mol. The monoisotopic (exact) mass is 283 g/mol. The molecule has 0 heterocycles. The molecule has 0 saturated heterocycles. The zero-order valence-corrected chi connectivity index (χ0v) is 13.7. The molecule has 2 heteroatoms. The maximum absolute atomic E-state index is 6.14. The fourth-order valence-corrected chi connectivity index (χ4v) is 2.39. The molecular formula is C19H25NO. The van der Waals surface area contributed by atoms with Crippen LogP contribution in [0.1, 0.15) is 34.7 Å². The molecule has 0 unspecified atom stereocenters. The quantitative estimate of drug-likeness (QED) is 0.849. The second kappa shape index (κ2) is 6.77. The first-order valence-corrected chi connectivity index (χ1v) is 7.57. The molecule has 2 aromatic rings. The number of hydrogen-bond donors (Lipinski definition) is 1. The van der Waals surface area contributed by atoms with Gasteiger partial charge in [0.15, 0.2) is 0 Å². The summed E-state index contributed by atoms with van der Waals surface area (Å²) in [5.74, 6) is 1.89. The molecule has 1 N–H and O–H groups in total. The lowest BCUT2D eigenvalue weighted by molar-refractivity contribution is 0.474. The van der Waals surface area contributed by atoms with Crippen LogP contribution in [-0.2, 0) is 6.54 Å². The van der Waals surface area contributed by atoms with Gasteiger partial charge in [-0.15, -0.1) is 0 Å². The molecule has 0 aromatic heterocycles. The summed E-state index contributed by atoms with van der Waals surface area (Å²) in [5, 5.41) is 3.36. The highest BCUT2D eigenvalue weighted by Crippen LogP contribution is 2.31. The molecule has 0 saturated carbocycles. The van der Waals surface area contributed by atoms with E-state index in [1.165, 1.54) is 27.8 Å². The number of ether oxygens (including phenoxy) is 1. The minimum absolute atomic E-state index is 0.907. The molecule has 0 aliphatic heterocycles. The molecule has 0 aliphatic rings. The molecule has 0 radical (unpaired) electrons. The summed E-state index contributed by atoms with van der Waals surface area (Å²) in [7, 11) is 0. The Morgan fingerprint density at radius 1 is 0.905 bits per heavy atom. The van der Waals surface area contributed by atoms with Crippen molar-refractivity contribution < 1.29 is 4.74 Å². The van der Waals surface area contributed by atoms with Crippen molar-refractivity contribution in [3.8, 4) is 11.5 Å². The normalized spacial score (nSPS) is 10.7. The highest BCUT2D eigenvalue weighted by atomic mass is 16.5. The van der Waals surface area contributed by atoms with E-state index >= 15 is 0 Å². The molecule has 0 fully saturated rings. The number of aryl methyl sites for hydroxylation is 3. The molecule has 0 aliphatic carbocycles. The number of benzene rings is 2. The van der Waals surface area contributed by atoms with Gasteiger partial charge in [-0.25, -0.2) is 0 Å². The van der Waals surface area contributed by atoms with Crippen molar-refractivity contribution in [1.82, 2.24) is 5.32 Å². The van der Waals surface area contributed by atoms with E-state index in [9.17, 15) is 0 Å². The second-order valence-electron chi connectivity index (χ2n) is 5.62. The third-order valence-corrected chi connectivity index (χ3v) is 3.97. The van der Waals surface area contributed by atoms with Crippen LogP contribution in [0, 0.1) is 27.7 Å². The number of rotatable bonds is 5. The zero-order valence-electron chi connectivity index (χ0n) is 13.7. The van der Waals surface area contributed by atoms with E-state index in [4.69, 9.17) is 4.74 Å². The standard InChI is InChI=1S/C19H25NO/c1-6-20-12-17-9-10-18(11-15(17)4)21-19-14(3)8-7-13(2)16(19)5/h7-11,20H,6,12H2,1-5H3. The Kier molecular flexibility index (Phi) is 5.03. The fraction of sp³-hybridized carbons (Fsp3) is 0.368. The van der Waals surface area contributed by atoms with Crippen LogP contribution in [-0.4, -0.2) is 6.54 Å². The Bertz CT molecular complexity index is 632. The van der Waals surface area contributed by atoms with E-state index in [-0.39, 0.29) is 0 Å². The van der Waals surface area contributed by atoms with Crippen molar-refractivity contribution in [2.24, 2.45) is 0 Å². The van der Waals surface area contributed by atoms with Crippen LogP contribution in [0.4, 0.5) is 0 Å². The minimum Gasteiger partial charge on any atom is -0.457 e. The highest BCUT2D eigenvalue weighted by Gasteiger charge is 2.08. The van der Waals surface area contributed by atoms with Gasteiger partial charge < -0.3 is 10.1 Å². The lowest BCUT2D eigenvalue weighted by Crippen LogP contribution is -2.12. The van der Waals surface area contributed by atoms with Gasteiger partial charge in [0.25, 0.3) is 0 Å². The van der Waals surface area contributed by atoms with Crippen LogP contribution < -0.4 is 10.1 Å². The Hall–Kier alpha value is -1.80. The van der Waals surface area contributed by atoms with Gasteiger partial charge in [0.2, 0.25) is 0 Å². The molecule has 0 bridgehead atoms. The lowest BCUT2D eigenvalue weighted by atomic mass is 10.0. The van der Waals surface area contributed by atoms with Crippen molar-refractivity contribution in [2.45, 2.75) is 41.2 Å². The summed E-state index contributed by atoms with van der Waals surface area (Å²) in [4.78, 5) is 0. The molecular weight excluding hydrogens is 258 g/mol. The van der Waals surface area contributed by atoms with E-state index in [0.29, 0.717) is 0 Å². The summed E-state index contributed by atoms with van der Waals surface area (Å²) in [6.45, 7) is 12.5. The first-order chi connectivity index (χ1) is 10.0. The molecule has 2 nitrogen and oxygen atoms in total. The van der Waals surface area contributed by atoms with Gasteiger partial charge in [0, 0.05) is 6.54 Å². The summed E-state index contributed by atoms with van der Waals surface area (Å²) in [6, 6.07) is 10.6. The van der Waals surface area contributed by atoms with Crippen LogP contribution in [0.25, 0.3) is 0 Å².